The molecule has 160 valence electrons. The Bertz CT molecular complexity index is 653. The van der Waals surface area contributed by atoms with Gasteiger partial charge in [0.1, 0.15) is 5.75 Å². The lowest BCUT2D eigenvalue weighted by Gasteiger charge is -2.31. The molecule has 0 heterocycles. The molecule has 0 bridgehead atoms. The van der Waals surface area contributed by atoms with Gasteiger partial charge in [-0.2, -0.15) is 8.42 Å². The van der Waals surface area contributed by atoms with Crippen LogP contribution in [0.5, 0.6) is 0 Å². The van der Waals surface area contributed by atoms with Crippen molar-refractivity contribution in [1.29, 1.82) is 0 Å². The van der Waals surface area contributed by atoms with E-state index >= 15 is 0 Å². The number of hydrogen-bond acceptors (Lipinski definition) is 4. The van der Waals surface area contributed by atoms with Crippen LogP contribution in [0.2, 0.25) is 0 Å². The second kappa shape index (κ2) is 12.9. The Hall–Kier alpha value is -1.44. The van der Waals surface area contributed by atoms with Gasteiger partial charge in [0, 0.05) is 6.54 Å². The van der Waals surface area contributed by atoms with Gasteiger partial charge >= 0.3 is 5.97 Å². The number of nitrogens with one attached hydrogen (secondary N) is 1. The Morgan fingerprint density at radius 1 is 1.11 bits per heavy atom. The predicted molar refractivity (Wildman–Crippen MR) is 112 cm³/mol. The zero-order chi connectivity index (χ0) is 20.9. The number of hydrogen-bond donors (Lipinski definition) is 3. The molecule has 0 radical (unpaired) electrons. The number of carbonyl (C=O) groups is 1. The van der Waals surface area contributed by atoms with Crippen LogP contribution in [-0.2, 0) is 20.7 Å². The first-order valence-electron chi connectivity index (χ1n) is 10.2. The quantitative estimate of drug-likeness (QED) is 0.317. The van der Waals surface area contributed by atoms with Crippen LogP contribution in [-0.4, -0.2) is 37.1 Å². The van der Waals surface area contributed by atoms with Gasteiger partial charge in [-0.05, 0) is 36.8 Å². The Labute approximate surface area is 169 Å². The standard InChI is InChI=1S/C14H27NO2.C7H8O3S/c1-2-3-10-15-12-14(11-13(16)17)8-6-4-5-7-9-14;8-11(9,10)6-7-4-2-1-3-5-7/h15H,2-12H2,1H3,(H,16,17);1-5H,6H2,(H,8,9,10). The largest absolute Gasteiger partial charge is 0.481 e. The molecule has 0 atom stereocenters. The van der Waals surface area contributed by atoms with Gasteiger partial charge < -0.3 is 10.4 Å². The molecule has 6 nitrogen and oxygen atoms in total. The lowest BCUT2D eigenvalue weighted by Crippen LogP contribution is -2.36. The third kappa shape index (κ3) is 11.4. The zero-order valence-corrected chi connectivity index (χ0v) is 17.7. The second-order valence-corrected chi connectivity index (χ2v) is 9.18. The Morgan fingerprint density at radius 2 is 1.71 bits per heavy atom. The van der Waals surface area contributed by atoms with Crippen molar-refractivity contribution in [2.45, 2.75) is 70.5 Å². The number of aliphatic carboxylic acids is 1. The summed E-state index contributed by atoms with van der Waals surface area (Å²) in [5.74, 6) is -0.947. The average Bonchev–Trinajstić information content (AvgIpc) is 2.84. The number of carboxylic acid groups (broad SMARTS) is 1. The van der Waals surface area contributed by atoms with Crippen LogP contribution in [0.25, 0.3) is 0 Å². The SMILES string of the molecule is CCCCNCC1(CC(=O)O)CCCCCC1.O=S(=O)(O)Cc1ccccc1. The van der Waals surface area contributed by atoms with E-state index in [4.69, 9.17) is 9.66 Å². The molecule has 2 rings (SSSR count). The molecule has 28 heavy (non-hydrogen) atoms. The Balaban J connectivity index is 0.000000307. The lowest BCUT2D eigenvalue weighted by molar-refractivity contribution is -0.140. The van der Waals surface area contributed by atoms with E-state index in [1.807, 2.05) is 0 Å². The highest BCUT2D eigenvalue weighted by atomic mass is 32.2. The van der Waals surface area contributed by atoms with E-state index in [0.29, 0.717) is 12.0 Å². The zero-order valence-electron chi connectivity index (χ0n) is 16.9. The van der Waals surface area contributed by atoms with Gasteiger partial charge in [0.05, 0.1) is 6.42 Å². The van der Waals surface area contributed by atoms with Crippen molar-refractivity contribution in [2.75, 3.05) is 13.1 Å². The van der Waals surface area contributed by atoms with Crippen molar-refractivity contribution in [1.82, 2.24) is 5.32 Å². The van der Waals surface area contributed by atoms with Crippen LogP contribution in [0.1, 0.15) is 70.3 Å². The van der Waals surface area contributed by atoms with E-state index in [-0.39, 0.29) is 11.2 Å². The van der Waals surface area contributed by atoms with Crippen molar-refractivity contribution in [2.24, 2.45) is 5.41 Å². The van der Waals surface area contributed by atoms with Crippen LogP contribution in [0, 0.1) is 5.41 Å². The van der Waals surface area contributed by atoms with Gasteiger partial charge in [0.15, 0.2) is 0 Å². The number of benzene rings is 1. The summed E-state index contributed by atoms with van der Waals surface area (Å²) in [4.78, 5) is 11.0. The summed E-state index contributed by atoms with van der Waals surface area (Å²) in [6.07, 6.45) is 9.82. The van der Waals surface area contributed by atoms with Gasteiger partial charge in [-0.25, -0.2) is 0 Å². The summed E-state index contributed by atoms with van der Waals surface area (Å²) in [7, 11) is -3.88. The number of unbranched alkanes of at least 4 members (excludes halogenated alkanes) is 1. The molecule has 0 spiro atoms. The van der Waals surface area contributed by atoms with Crippen LogP contribution >= 0.6 is 0 Å². The number of carboxylic acids is 1. The van der Waals surface area contributed by atoms with Gasteiger partial charge in [-0.3, -0.25) is 9.35 Å². The van der Waals surface area contributed by atoms with Gasteiger partial charge in [-0.15, -0.1) is 0 Å². The minimum absolute atomic E-state index is 0.0239. The highest BCUT2D eigenvalue weighted by Crippen LogP contribution is 2.37. The molecular formula is C21H35NO5S. The average molecular weight is 414 g/mol. The molecule has 0 unspecified atom stereocenters. The fourth-order valence-corrected chi connectivity index (χ4v) is 4.27. The van der Waals surface area contributed by atoms with Crippen LogP contribution in [0.4, 0.5) is 0 Å². The van der Waals surface area contributed by atoms with Crippen molar-refractivity contribution in [3.63, 3.8) is 0 Å². The normalized spacial score (nSPS) is 16.5. The third-order valence-corrected chi connectivity index (χ3v) is 5.79. The van der Waals surface area contributed by atoms with Crippen molar-refractivity contribution < 1.29 is 22.9 Å². The molecule has 0 amide bonds. The fourth-order valence-electron chi connectivity index (χ4n) is 3.66. The molecule has 0 aliphatic heterocycles. The third-order valence-electron chi connectivity index (χ3n) is 5.09. The molecule has 1 fully saturated rings. The highest BCUT2D eigenvalue weighted by molar-refractivity contribution is 7.85. The maximum absolute atomic E-state index is 11.0. The Morgan fingerprint density at radius 3 is 2.21 bits per heavy atom. The molecular weight excluding hydrogens is 378 g/mol. The molecule has 1 saturated carbocycles. The smallest absolute Gasteiger partial charge is 0.303 e. The summed E-state index contributed by atoms with van der Waals surface area (Å²) in [6.45, 7) is 4.09. The van der Waals surface area contributed by atoms with E-state index in [1.54, 1.807) is 30.3 Å². The van der Waals surface area contributed by atoms with Crippen LogP contribution < -0.4 is 5.32 Å². The van der Waals surface area contributed by atoms with E-state index in [2.05, 4.69) is 12.2 Å². The minimum atomic E-state index is -3.88. The van der Waals surface area contributed by atoms with E-state index < -0.39 is 16.1 Å². The van der Waals surface area contributed by atoms with Crippen molar-refractivity contribution in [3.05, 3.63) is 35.9 Å². The second-order valence-electron chi connectivity index (χ2n) is 7.73. The van der Waals surface area contributed by atoms with Gasteiger partial charge in [0.25, 0.3) is 10.1 Å². The van der Waals surface area contributed by atoms with Gasteiger partial charge in [-0.1, -0.05) is 69.4 Å². The summed E-state index contributed by atoms with van der Waals surface area (Å²) in [5, 5.41) is 12.6. The first-order chi connectivity index (χ1) is 13.3. The summed E-state index contributed by atoms with van der Waals surface area (Å²) in [6, 6.07) is 8.52. The van der Waals surface area contributed by atoms with Crippen molar-refractivity contribution in [3.8, 4) is 0 Å². The topological polar surface area (TPSA) is 104 Å². The van der Waals surface area contributed by atoms with Gasteiger partial charge in [0.2, 0.25) is 0 Å². The Kier molecular flexibility index (Phi) is 11.3. The molecule has 1 aromatic carbocycles. The summed E-state index contributed by atoms with van der Waals surface area (Å²) >= 11 is 0. The van der Waals surface area contributed by atoms with Crippen molar-refractivity contribution >= 4 is 16.1 Å². The van der Waals surface area contributed by atoms with Crippen LogP contribution in [0.15, 0.2) is 30.3 Å². The van der Waals surface area contributed by atoms with E-state index in [0.717, 1.165) is 25.9 Å². The lowest BCUT2D eigenvalue weighted by atomic mass is 9.77. The maximum atomic E-state index is 11.0. The predicted octanol–water partition coefficient (Wildman–Crippen LogP) is 4.27. The fraction of sp³-hybridized carbons (Fsp3) is 0.667. The summed E-state index contributed by atoms with van der Waals surface area (Å²) in [5.41, 5.74) is 0.616. The molecule has 1 aliphatic rings. The molecule has 0 aromatic heterocycles. The first-order valence-corrected chi connectivity index (χ1v) is 11.8. The molecule has 1 aliphatic carbocycles. The summed E-state index contributed by atoms with van der Waals surface area (Å²) < 4.78 is 29.2. The van der Waals surface area contributed by atoms with Crippen LogP contribution in [0.3, 0.4) is 0 Å². The molecule has 1 aromatic rings. The monoisotopic (exact) mass is 413 g/mol. The molecule has 3 N–H and O–H groups in total. The molecule has 7 heteroatoms. The minimum Gasteiger partial charge on any atom is -0.481 e. The number of rotatable bonds is 9. The highest BCUT2D eigenvalue weighted by Gasteiger charge is 2.32. The maximum Gasteiger partial charge on any atom is 0.303 e. The first kappa shape index (κ1) is 24.6. The molecule has 0 saturated heterocycles. The van der Waals surface area contributed by atoms with E-state index in [1.165, 1.54) is 38.5 Å². The van der Waals surface area contributed by atoms with E-state index in [9.17, 15) is 13.2 Å².